The van der Waals surface area contributed by atoms with Crippen LogP contribution >= 0.6 is 0 Å². The Kier molecular flexibility index (Phi) is 4.54. The second kappa shape index (κ2) is 4.91. The first-order valence-electron chi connectivity index (χ1n) is 3.86. The highest BCUT2D eigenvalue weighted by Gasteiger charge is 2.01. The molecule has 3 nitrogen and oxygen atoms in total. The van der Waals surface area contributed by atoms with Crippen LogP contribution in [0.2, 0.25) is 0 Å². The standard InChI is InChI=1S/C8H17N3/c1-5-8(10-4)7(3)11(9)6-2/h4-6,9H2,1-3H3. The lowest BCUT2D eigenvalue weighted by Crippen LogP contribution is -2.29. The molecule has 0 fully saturated rings. The van der Waals surface area contributed by atoms with Gasteiger partial charge in [0.1, 0.15) is 0 Å². The Morgan fingerprint density at radius 3 is 2.36 bits per heavy atom. The molecule has 0 unspecified atom stereocenters. The zero-order chi connectivity index (χ0) is 8.85. The van der Waals surface area contributed by atoms with Crippen LogP contribution in [-0.2, 0) is 0 Å². The molecule has 11 heavy (non-hydrogen) atoms. The lowest BCUT2D eigenvalue weighted by molar-refractivity contribution is 0.374. The van der Waals surface area contributed by atoms with E-state index in [1.807, 2.05) is 20.8 Å². The van der Waals surface area contributed by atoms with Crippen LogP contribution in [0.1, 0.15) is 27.2 Å². The van der Waals surface area contributed by atoms with Gasteiger partial charge in [-0.15, -0.1) is 0 Å². The van der Waals surface area contributed by atoms with Gasteiger partial charge in [0.05, 0.1) is 5.70 Å². The fourth-order valence-corrected chi connectivity index (χ4v) is 0.885. The van der Waals surface area contributed by atoms with Gasteiger partial charge in [0, 0.05) is 12.2 Å². The first-order valence-corrected chi connectivity index (χ1v) is 3.86. The molecule has 3 heteroatoms. The van der Waals surface area contributed by atoms with Crippen LogP contribution in [0.3, 0.4) is 0 Å². The molecule has 0 bridgehead atoms. The average Bonchev–Trinajstić information content (AvgIpc) is 2.05. The molecule has 0 radical (unpaired) electrons. The molecule has 0 saturated heterocycles. The van der Waals surface area contributed by atoms with E-state index in [9.17, 15) is 0 Å². The van der Waals surface area contributed by atoms with Crippen molar-refractivity contribution in [1.82, 2.24) is 5.01 Å². The number of allylic oxidation sites excluding steroid dienone is 2. The predicted octanol–water partition coefficient (Wildman–Crippen LogP) is 1.52. The van der Waals surface area contributed by atoms with Gasteiger partial charge in [-0.1, -0.05) is 6.92 Å². The number of hydrazine groups is 1. The third-order valence-electron chi connectivity index (χ3n) is 1.71. The van der Waals surface area contributed by atoms with Crippen molar-refractivity contribution < 1.29 is 0 Å². The summed E-state index contributed by atoms with van der Waals surface area (Å²) in [6.07, 6.45) is 0.878. The summed E-state index contributed by atoms with van der Waals surface area (Å²) in [5.41, 5.74) is 1.97. The lowest BCUT2D eigenvalue weighted by atomic mass is 10.3. The summed E-state index contributed by atoms with van der Waals surface area (Å²) in [6.45, 7) is 10.3. The highest BCUT2D eigenvalue weighted by molar-refractivity contribution is 5.30. The summed E-state index contributed by atoms with van der Waals surface area (Å²) in [6, 6.07) is 0. The molecule has 0 saturated carbocycles. The third kappa shape index (κ3) is 2.72. The van der Waals surface area contributed by atoms with Gasteiger partial charge in [0.2, 0.25) is 0 Å². The molecular weight excluding hydrogens is 138 g/mol. The van der Waals surface area contributed by atoms with Crippen LogP contribution in [0.25, 0.3) is 0 Å². The number of hydrogen-bond donors (Lipinski definition) is 1. The van der Waals surface area contributed by atoms with Crippen LogP contribution in [0.4, 0.5) is 0 Å². The first-order chi connectivity index (χ1) is 5.17. The number of hydrogen-bond acceptors (Lipinski definition) is 3. The number of nitrogens with zero attached hydrogens (tertiary/aromatic N) is 2. The Morgan fingerprint density at radius 2 is 2.09 bits per heavy atom. The monoisotopic (exact) mass is 155 g/mol. The molecule has 0 aromatic heterocycles. The molecule has 0 aromatic carbocycles. The molecule has 0 aromatic rings. The van der Waals surface area contributed by atoms with Crippen molar-refractivity contribution in [2.45, 2.75) is 27.2 Å². The topological polar surface area (TPSA) is 41.6 Å². The Morgan fingerprint density at radius 1 is 1.55 bits per heavy atom. The SMILES string of the molecule is C=NC(CC)=C(C)N(N)CC. The zero-order valence-corrected chi connectivity index (χ0v) is 7.59. The van der Waals surface area contributed by atoms with Crippen molar-refractivity contribution in [3.05, 3.63) is 11.4 Å². The van der Waals surface area contributed by atoms with Crippen LogP contribution in [-0.4, -0.2) is 18.3 Å². The van der Waals surface area contributed by atoms with Crippen LogP contribution in [0.5, 0.6) is 0 Å². The minimum Gasteiger partial charge on any atom is -0.314 e. The Labute approximate surface area is 68.6 Å². The third-order valence-corrected chi connectivity index (χ3v) is 1.71. The molecule has 2 N–H and O–H groups in total. The van der Waals surface area contributed by atoms with Gasteiger partial charge in [-0.3, -0.25) is 4.99 Å². The minimum absolute atomic E-state index is 0.796. The van der Waals surface area contributed by atoms with E-state index in [4.69, 9.17) is 5.84 Å². The van der Waals surface area contributed by atoms with E-state index in [1.165, 1.54) is 0 Å². The van der Waals surface area contributed by atoms with Crippen LogP contribution in [0, 0.1) is 0 Å². The van der Waals surface area contributed by atoms with Gasteiger partial charge < -0.3 is 5.01 Å². The van der Waals surface area contributed by atoms with Crippen LogP contribution in [0.15, 0.2) is 16.4 Å². The average molecular weight is 155 g/mol. The van der Waals surface area contributed by atoms with E-state index >= 15 is 0 Å². The zero-order valence-electron chi connectivity index (χ0n) is 7.59. The number of aliphatic imine (C=N–C) groups is 1. The van der Waals surface area contributed by atoms with E-state index in [0.29, 0.717) is 0 Å². The molecular formula is C8H17N3. The molecule has 0 heterocycles. The van der Waals surface area contributed by atoms with Crippen molar-refractivity contribution in [3.63, 3.8) is 0 Å². The maximum Gasteiger partial charge on any atom is 0.0595 e. The number of nitrogens with two attached hydrogens (primary N) is 1. The van der Waals surface area contributed by atoms with Crippen molar-refractivity contribution in [2.24, 2.45) is 10.8 Å². The van der Waals surface area contributed by atoms with Gasteiger partial charge in [0.15, 0.2) is 0 Å². The van der Waals surface area contributed by atoms with E-state index in [-0.39, 0.29) is 0 Å². The Bertz CT molecular complexity index is 161. The molecule has 0 amide bonds. The van der Waals surface area contributed by atoms with Crippen molar-refractivity contribution in [1.29, 1.82) is 0 Å². The maximum atomic E-state index is 5.66. The fourth-order valence-electron chi connectivity index (χ4n) is 0.885. The molecule has 0 aliphatic rings. The maximum absolute atomic E-state index is 5.66. The second-order valence-electron chi connectivity index (χ2n) is 2.33. The first kappa shape index (κ1) is 10.2. The van der Waals surface area contributed by atoms with Crippen molar-refractivity contribution in [3.8, 4) is 0 Å². The summed E-state index contributed by atoms with van der Waals surface area (Å²) < 4.78 is 0. The molecule has 64 valence electrons. The lowest BCUT2D eigenvalue weighted by Gasteiger charge is -2.18. The van der Waals surface area contributed by atoms with Gasteiger partial charge in [-0.25, -0.2) is 5.84 Å². The van der Waals surface area contributed by atoms with E-state index in [2.05, 4.69) is 11.7 Å². The Balaban J connectivity index is 4.45. The highest BCUT2D eigenvalue weighted by Crippen LogP contribution is 2.10. The van der Waals surface area contributed by atoms with Gasteiger partial charge in [-0.05, 0) is 27.0 Å². The van der Waals surface area contributed by atoms with Crippen LogP contribution < -0.4 is 5.84 Å². The van der Waals surface area contributed by atoms with Gasteiger partial charge >= 0.3 is 0 Å². The highest BCUT2D eigenvalue weighted by atomic mass is 15.4. The molecule has 0 aliphatic heterocycles. The predicted molar refractivity (Wildman–Crippen MR) is 49.1 cm³/mol. The molecule has 0 spiro atoms. The van der Waals surface area contributed by atoms with E-state index < -0.39 is 0 Å². The largest absolute Gasteiger partial charge is 0.314 e. The molecule has 0 rings (SSSR count). The van der Waals surface area contributed by atoms with Crippen molar-refractivity contribution >= 4 is 6.72 Å². The fraction of sp³-hybridized carbons (Fsp3) is 0.625. The summed E-state index contributed by atoms with van der Waals surface area (Å²) in [5, 5.41) is 1.67. The summed E-state index contributed by atoms with van der Waals surface area (Å²) >= 11 is 0. The second-order valence-corrected chi connectivity index (χ2v) is 2.33. The molecule has 0 atom stereocenters. The summed E-state index contributed by atoms with van der Waals surface area (Å²) in [7, 11) is 0. The van der Waals surface area contributed by atoms with E-state index in [1.54, 1.807) is 5.01 Å². The van der Waals surface area contributed by atoms with Gasteiger partial charge in [0.25, 0.3) is 0 Å². The van der Waals surface area contributed by atoms with E-state index in [0.717, 1.165) is 24.4 Å². The normalized spacial score (nSPS) is 12.4. The quantitative estimate of drug-likeness (QED) is 0.380. The van der Waals surface area contributed by atoms with Crippen molar-refractivity contribution in [2.75, 3.05) is 6.54 Å². The number of rotatable bonds is 4. The summed E-state index contributed by atoms with van der Waals surface area (Å²) in [4.78, 5) is 3.88. The smallest absolute Gasteiger partial charge is 0.0595 e. The Hall–Kier alpha value is -0.830. The van der Waals surface area contributed by atoms with Gasteiger partial charge in [-0.2, -0.15) is 0 Å². The summed E-state index contributed by atoms with van der Waals surface area (Å²) in [5.74, 6) is 5.66. The minimum atomic E-state index is 0.796. The molecule has 0 aliphatic carbocycles.